The minimum Gasteiger partial charge on any atom is -0.507 e. The number of aryl methyl sites for hydroxylation is 2. The third-order valence-electron chi connectivity index (χ3n) is 6.77. The number of carbonyl (C=O) groups is 2. The largest absolute Gasteiger partial charge is 0.507 e. The predicted octanol–water partition coefficient (Wildman–Crippen LogP) is 6.24. The van der Waals surface area contributed by atoms with Crippen molar-refractivity contribution in [1.82, 2.24) is 0 Å². The third-order valence-corrected chi connectivity index (χ3v) is 6.77. The van der Waals surface area contributed by atoms with Crippen molar-refractivity contribution in [2.45, 2.75) is 46.1 Å². The van der Waals surface area contributed by atoms with E-state index >= 15 is 0 Å². The quantitative estimate of drug-likeness (QED) is 0.255. The lowest BCUT2D eigenvalue weighted by atomic mass is 9.84. The van der Waals surface area contributed by atoms with Gasteiger partial charge in [0.25, 0.3) is 11.7 Å². The first-order chi connectivity index (χ1) is 17.5. The second-order valence-electron chi connectivity index (χ2n) is 10.4. The molecule has 1 atom stereocenters. The van der Waals surface area contributed by atoms with E-state index in [1.54, 1.807) is 32.4 Å². The SMILES string of the molecule is COc1ccccc1C1/C(=C(\O)c2ccc(OC)c(C(C)(C)C)c2)C(=O)C(=O)N1c1ccc(C)cc1C. The van der Waals surface area contributed by atoms with E-state index < -0.39 is 17.7 Å². The van der Waals surface area contributed by atoms with E-state index in [1.807, 2.05) is 77.1 Å². The van der Waals surface area contributed by atoms with Crippen molar-refractivity contribution in [2.24, 2.45) is 0 Å². The van der Waals surface area contributed by atoms with Crippen LogP contribution in [-0.4, -0.2) is 31.0 Å². The molecule has 3 aromatic carbocycles. The molecule has 1 aliphatic heterocycles. The fraction of sp³-hybridized carbons (Fsp3) is 0.290. The maximum atomic E-state index is 13.6. The molecule has 3 aromatic rings. The van der Waals surface area contributed by atoms with Gasteiger partial charge < -0.3 is 14.6 Å². The first-order valence-electron chi connectivity index (χ1n) is 12.2. The molecule has 1 amide bonds. The average Bonchev–Trinajstić information content (AvgIpc) is 3.12. The van der Waals surface area contributed by atoms with Crippen molar-refractivity contribution in [3.05, 3.63) is 94.1 Å². The van der Waals surface area contributed by atoms with Gasteiger partial charge in [-0.1, -0.05) is 56.7 Å². The zero-order chi connectivity index (χ0) is 27.1. The number of anilines is 1. The molecule has 0 bridgehead atoms. The molecule has 4 rings (SSSR count). The van der Waals surface area contributed by atoms with Gasteiger partial charge in [0, 0.05) is 22.4 Å². The zero-order valence-corrected chi connectivity index (χ0v) is 22.4. The zero-order valence-electron chi connectivity index (χ0n) is 22.4. The number of methoxy groups -OCH3 is 2. The smallest absolute Gasteiger partial charge is 0.300 e. The standard InChI is InChI=1S/C31H33NO5/c1-18-12-14-23(19(2)16-18)32-27(21-10-8-9-11-24(21)36-6)26(29(34)30(32)35)28(33)20-13-15-25(37-7)22(17-20)31(3,4)5/h8-17,27,33H,1-7H3/b28-26+. The summed E-state index contributed by atoms with van der Waals surface area (Å²) in [5.41, 5.74) is 4.14. The van der Waals surface area contributed by atoms with Crippen molar-refractivity contribution in [1.29, 1.82) is 0 Å². The summed E-state index contributed by atoms with van der Waals surface area (Å²) in [4.78, 5) is 28.6. The maximum absolute atomic E-state index is 13.6. The van der Waals surface area contributed by atoms with E-state index in [0.29, 0.717) is 28.3 Å². The Labute approximate surface area is 218 Å². The Bertz CT molecular complexity index is 1410. The predicted molar refractivity (Wildman–Crippen MR) is 145 cm³/mol. The molecular weight excluding hydrogens is 466 g/mol. The van der Waals surface area contributed by atoms with Crippen LogP contribution < -0.4 is 14.4 Å². The highest BCUT2D eigenvalue weighted by Gasteiger charge is 2.48. The Hall–Kier alpha value is -4.06. The highest BCUT2D eigenvalue weighted by Crippen LogP contribution is 2.46. The summed E-state index contributed by atoms with van der Waals surface area (Å²) in [7, 11) is 3.14. The van der Waals surface area contributed by atoms with E-state index in [4.69, 9.17) is 9.47 Å². The monoisotopic (exact) mass is 499 g/mol. The Morgan fingerprint density at radius 3 is 2.19 bits per heavy atom. The Morgan fingerprint density at radius 2 is 1.57 bits per heavy atom. The molecule has 1 saturated heterocycles. The lowest BCUT2D eigenvalue weighted by Gasteiger charge is -2.28. The average molecular weight is 500 g/mol. The van der Waals surface area contributed by atoms with E-state index in [1.165, 1.54) is 4.90 Å². The minimum absolute atomic E-state index is 0.0134. The van der Waals surface area contributed by atoms with E-state index in [-0.39, 0.29) is 16.7 Å². The molecule has 37 heavy (non-hydrogen) atoms. The minimum atomic E-state index is -0.877. The number of aliphatic hydroxyl groups is 1. The van der Waals surface area contributed by atoms with Crippen LogP contribution in [0, 0.1) is 13.8 Å². The molecule has 0 aromatic heterocycles. The van der Waals surface area contributed by atoms with Crippen LogP contribution in [0.3, 0.4) is 0 Å². The second-order valence-corrected chi connectivity index (χ2v) is 10.4. The number of rotatable bonds is 5. The van der Waals surface area contributed by atoms with E-state index in [0.717, 1.165) is 16.7 Å². The first kappa shape index (κ1) is 26.0. The number of carbonyl (C=O) groups excluding carboxylic acids is 2. The summed E-state index contributed by atoms with van der Waals surface area (Å²) in [6.45, 7) is 10.0. The molecule has 1 heterocycles. The number of hydrogen-bond donors (Lipinski definition) is 1. The van der Waals surface area contributed by atoms with Gasteiger partial charge in [0.1, 0.15) is 17.3 Å². The van der Waals surface area contributed by atoms with E-state index in [9.17, 15) is 14.7 Å². The van der Waals surface area contributed by atoms with Gasteiger partial charge in [0.05, 0.1) is 25.8 Å². The van der Waals surface area contributed by atoms with Crippen molar-refractivity contribution < 1.29 is 24.2 Å². The molecule has 6 nitrogen and oxygen atoms in total. The lowest BCUT2D eigenvalue weighted by molar-refractivity contribution is -0.132. The van der Waals surface area contributed by atoms with Gasteiger partial charge >= 0.3 is 0 Å². The molecule has 1 unspecified atom stereocenters. The summed E-state index contributed by atoms with van der Waals surface area (Å²) < 4.78 is 11.2. The van der Waals surface area contributed by atoms with Gasteiger partial charge in [-0.25, -0.2) is 0 Å². The highest BCUT2D eigenvalue weighted by atomic mass is 16.5. The normalized spacial score (nSPS) is 17.3. The van der Waals surface area contributed by atoms with Crippen molar-refractivity contribution in [3.63, 3.8) is 0 Å². The number of amides is 1. The van der Waals surface area contributed by atoms with Crippen molar-refractivity contribution >= 4 is 23.1 Å². The third kappa shape index (κ3) is 4.59. The second kappa shape index (κ2) is 9.77. The summed E-state index contributed by atoms with van der Waals surface area (Å²) in [6.07, 6.45) is 0. The van der Waals surface area contributed by atoms with Gasteiger partial charge in [-0.3, -0.25) is 14.5 Å². The van der Waals surface area contributed by atoms with Gasteiger partial charge in [0.15, 0.2) is 0 Å². The highest BCUT2D eigenvalue weighted by molar-refractivity contribution is 6.51. The number of ether oxygens (including phenoxy) is 2. The number of ketones is 1. The van der Waals surface area contributed by atoms with Crippen molar-refractivity contribution in [2.75, 3.05) is 19.1 Å². The van der Waals surface area contributed by atoms with Gasteiger partial charge in [-0.05, 0) is 55.2 Å². The van der Waals surface area contributed by atoms with Crippen LogP contribution in [0.1, 0.15) is 54.6 Å². The Morgan fingerprint density at radius 1 is 0.892 bits per heavy atom. The molecule has 0 spiro atoms. The summed E-state index contributed by atoms with van der Waals surface area (Å²) in [6, 6.07) is 17.4. The fourth-order valence-electron chi connectivity index (χ4n) is 4.94. The van der Waals surface area contributed by atoms with Crippen LogP contribution in [0.2, 0.25) is 0 Å². The number of benzene rings is 3. The molecule has 192 valence electrons. The first-order valence-corrected chi connectivity index (χ1v) is 12.2. The molecule has 0 radical (unpaired) electrons. The maximum Gasteiger partial charge on any atom is 0.300 e. The molecule has 0 aliphatic carbocycles. The molecular formula is C31H33NO5. The number of Topliss-reactive ketones (excluding diaryl/α,β-unsaturated/α-hetero) is 1. The van der Waals surface area contributed by atoms with Gasteiger partial charge in [0.2, 0.25) is 0 Å². The van der Waals surface area contributed by atoms with Crippen molar-refractivity contribution in [3.8, 4) is 11.5 Å². The fourth-order valence-corrected chi connectivity index (χ4v) is 4.94. The summed E-state index contributed by atoms with van der Waals surface area (Å²) in [5, 5.41) is 11.6. The van der Waals surface area contributed by atoms with Gasteiger partial charge in [-0.2, -0.15) is 0 Å². The topological polar surface area (TPSA) is 76.1 Å². The van der Waals surface area contributed by atoms with Crippen LogP contribution in [0.4, 0.5) is 5.69 Å². The Kier molecular flexibility index (Phi) is 6.87. The van der Waals surface area contributed by atoms with Crippen LogP contribution in [-0.2, 0) is 15.0 Å². The number of nitrogens with zero attached hydrogens (tertiary/aromatic N) is 1. The molecule has 1 fully saturated rings. The molecule has 0 saturated carbocycles. The van der Waals surface area contributed by atoms with Crippen LogP contribution in [0.5, 0.6) is 11.5 Å². The molecule has 1 aliphatic rings. The van der Waals surface area contributed by atoms with Crippen LogP contribution in [0.25, 0.3) is 5.76 Å². The summed E-state index contributed by atoms with van der Waals surface area (Å²) in [5.74, 6) is -0.494. The molecule has 6 heteroatoms. The van der Waals surface area contributed by atoms with Crippen LogP contribution >= 0.6 is 0 Å². The Balaban J connectivity index is 2.02. The summed E-state index contributed by atoms with van der Waals surface area (Å²) >= 11 is 0. The number of para-hydroxylation sites is 1. The number of hydrogen-bond acceptors (Lipinski definition) is 5. The number of aliphatic hydroxyl groups excluding tert-OH is 1. The lowest BCUT2D eigenvalue weighted by Crippen LogP contribution is -2.30. The van der Waals surface area contributed by atoms with Crippen LogP contribution in [0.15, 0.2) is 66.2 Å². The van der Waals surface area contributed by atoms with Gasteiger partial charge in [-0.15, -0.1) is 0 Å². The van der Waals surface area contributed by atoms with E-state index in [2.05, 4.69) is 0 Å². The molecule has 1 N–H and O–H groups in total.